The Balaban J connectivity index is 1.72. The number of hydrogen-bond acceptors (Lipinski definition) is 7. The first kappa shape index (κ1) is 20.2. The maximum atomic E-state index is 12.3. The van der Waals surface area contributed by atoms with Gasteiger partial charge < -0.3 is 18.9 Å². The van der Waals surface area contributed by atoms with E-state index in [0.29, 0.717) is 22.6 Å². The molecule has 3 aromatic rings. The van der Waals surface area contributed by atoms with Gasteiger partial charge in [-0.25, -0.2) is 14.6 Å². The Labute approximate surface area is 171 Å². The lowest BCUT2D eigenvalue weighted by atomic mass is 10.2. The third-order valence-electron chi connectivity index (χ3n) is 3.85. The Morgan fingerprint density at radius 2 is 1.28 bits per heavy atom. The summed E-state index contributed by atoms with van der Waals surface area (Å²) in [4.78, 5) is 28.5. The average Bonchev–Trinajstić information content (AvgIpc) is 2.76. The minimum absolute atomic E-state index is 0.0139. The molecule has 0 spiro atoms. The molecule has 0 saturated heterocycles. The van der Waals surface area contributed by atoms with Gasteiger partial charge in [0.1, 0.15) is 16.5 Å². The highest BCUT2D eigenvalue weighted by Crippen LogP contribution is 2.28. The molecule has 8 heteroatoms. The SMILES string of the molecule is COc1ccc(C(=O)Oc2cc(OC(=O)c3ccc(OC)cc3)c(Cl)cn2)cc1. The molecule has 0 unspecified atom stereocenters. The summed E-state index contributed by atoms with van der Waals surface area (Å²) in [5.41, 5.74) is 0.606. The quantitative estimate of drug-likeness (QED) is 0.560. The Bertz CT molecular complexity index is 1020. The summed E-state index contributed by atoms with van der Waals surface area (Å²) in [7, 11) is 3.05. The normalized spacial score (nSPS) is 10.2. The predicted octanol–water partition coefficient (Wildman–Crippen LogP) is 4.19. The van der Waals surface area contributed by atoms with Crippen LogP contribution in [0.4, 0.5) is 0 Å². The van der Waals surface area contributed by atoms with Crippen molar-refractivity contribution >= 4 is 23.5 Å². The van der Waals surface area contributed by atoms with E-state index in [9.17, 15) is 9.59 Å². The summed E-state index contributed by atoms with van der Waals surface area (Å²) in [6.45, 7) is 0. The zero-order valence-corrected chi connectivity index (χ0v) is 16.3. The van der Waals surface area contributed by atoms with Crippen molar-refractivity contribution in [3.05, 3.63) is 76.9 Å². The van der Waals surface area contributed by atoms with Crippen LogP contribution in [0.15, 0.2) is 60.8 Å². The van der Waals surface area contributed by atoms with Crippen molar-refractivity contribution in [3.8, 4) is 23.1 Å². The molecule has 148 valence electrons. The maximum Gasteiger partial charge on any atom is 0.344 e. The van der Waals surface area contributed by atoms with Gasteiger partial charge in [0.2, 0.25) is 5.88 Å². The molecule has 2 aromatic carbocycles. The Morgan fingerprint density at radius 1 is 0.793 bits per heavy atom. The van der Waals surface area contributed by atoms with Crippen molar-refractivity contribution in [3.63, 3.8) is 0 Å². The number of esters is 2. The lowest BCUT2D eigenvalue weighted by Crippen LogP contribution is -2.11. The van der Waals surface area contributed by atoms with Crippen LogP contribution in [0.5, 0.6) is 23.1 Å². The largest absolute Gasteiger partial charge is 0.497 e. The van der Waals surface area contributed by atoms with E-state index in [-0.39, 0.29) is 16.7 Å². The average molecular weight is 414 g/mol. The first-order valence-corrected chi connectivity index (χ1v) is 8.76. The summed E-state index contributed by atoms with van der Waals surface area (Å²) in [6, 6.07) is 14.0. The molecule has 0 atom stereocenters. The number of hydrogen-bond donors (Lipinski definition) is 0. The number of rotatable bonds is 6. The molecule has 0 aliphatic rings. The lowest BCUT2D eigenvalue weighted by molar-refractivity contribution is 0.0726. The van der Waals surface area contributed by atoms with Gasteiger partial charge in [0, 0.05) is 6.07 Å². The fraction of sp³-hybridized carbons (Fsp3) is 0.0952. The van der Waals surface area contributed by atoms with Gasteiger partial charge in [-0.05, 0) is 48.5 Å². The van der Waals surface area contributed by atoms with Gasteiger partial charge in [0.25, 0.3) is 0 Å². The molecule has 1 aromatic heterocycles. The van der Waals surface area contributed by atoms with Crippen molar-refractivity contribution in [2.24, 2.45) is 0 Å². The highest BCUT2D eigenvalue weighted by atomic mass is 35.5. The second-order valence-corrected chi connectivity index (χ2v) is 6.10. The van der Waals surface area contributed by atoms with E-state index in [1.807, 2.05) is 0 Å². The number of carbonyl (C=O) groups is 2. The fourth-order valence-electron chi connectivity index (χ4n) is 2.30. The van der Waals surface area contributed by atoms with Crippen molar-refractivity contribution in [1.82, 2.24) is 4.98 Å². The number of carbonyl (C=O) groups excluding carboxylic acids is 2. The standard InChI is InChI=1S/C21H16ClNO6/c1-26-15-7-3-13(4-8-15)20(24)28-18-11-19(23-12-17(18)22)29-21(25)14-5-9-16(27-2)10-6-14/h3-12H,1-2H3. The van der Waals surface area contributed by atoms with Gasteiger partial charge in [-0.3, -0.25) is 0 Å². The Morgan fingerprint density at radius 3 is 1.76 bits per heavy atom. The fourth-order valence-corrected chi connectivity index (χ4v) is 2.45. The van der Waals surface area contributed by atoms with Crippen LogP contribution in [-0.2, 0) is 0 Å². The van der Waals surface area contributed by atoms with E-state index in [0.717, 1.165) is 0 Å². The molecular formula is C21H16ClNO6. The van der Waals surface area contributed by atoms with E-state index < -0.39 is 11.9 Å². The number of nitrogens with zero attached hydrogens (tertiary/aromatic N) is 1. The van der Waals surface area contributed by atoms with Crippen molar-refractivity contribution in [2.45, 2.75) is 0 Å². The van der Waals surface area contributed by atoms with Crippen molar-refractivity contribution < 1.29 is 28.5 Å². The molecule has 0 radical (unpaired) electrons. The molecule has 0 amide bonds. The molecular weight excluding hydrogens is 398 g/mol. The number of aromatic nitrogens is 1. The van der Waals surface area contributed by atoms with Gasteiger partial charge in [0.05, 0.1) is 31.5 Å². The highest BCUT2D eigenvalue weighted by molar-refractivity contribution is 6.32. The number of halogens is 1. The minimum atomic E-state index is -0.631. The zero-order valence-electron chi connectivity index (χ0n) is 15.5. The van der Waals surface area contributed by atoms with Crippen LogP contribution in [0.3, 0.4) is 0 Å². The molecule has 7 nitrogen and oxygen atoms in total. The molecule has 0 aliphatic heterocycles. The predicted molar refractivity (Wildman–Crippen MR) is 105 cm³/mol. The zero-order chi connectivity index (χ0) is 20.8. The molecule has 0 bridgehead atoms. The van der Waals surface area contributed by atoms with Crippen molar-refractivity contribution in [1.29, 1.82) is 0 Å². The molecule has 29 heavy (non-hydrogen) atoms. The number of methoxy groups -OCH3 is 2. The summed E-state index contributed by atoms with van der Waals surface area (Å²) in [5.74, 6) is -0.0917. The van der Waals surface area contributed by atoms with Gasteiger partial charge in [-0.2, -0.15) is 0 Å². The van der Waals surface area contributed by atoms with E-state index in [2.05, 4.69) is 4.98 Å². The monoisotopic (exact) mass is 413 g/mol. The molecule has 1 heterocycles. The van der Waals surface area contributed by atoms with E-state index >= 15 is 0 Å². The Kier molecular flexibility index (Phi) is 6.31. The van der Waals surface area contributed by atoms with Gasteiger partial charge in [-0.15, -0.1) is 0 Å². The smallest absolute Gasteiger partial charge is 0.344 e. The molecule has 0 N–H and O–H groups in total. The summed E-state index contributed by atoms with van der Waals surface area (Å²) in [5, 5.41) is 0.0936. The third-order valence-corrected chi connectivity index (χ3v) is 4.13. The molecule has 0 saturated carbocycles. The van der Waals surface area contributed by atoms with Crippen LogP contribution in [0.2, 0.25) is 5.02 Å². The second kappa shape index (κ2) is 9.07. The first-order valence-electron chi connectivity index (χ1n) is 8.38. The van der Waals surface area contributed by atoms with Crippen LogP contribution in [0.25, 0.3) is 0 Å². The van der Waals surface area contributed by atoms with E-state index in [1.165, 1.54) is 26.5 Å². The highest BCUT2D eigenvalue weighted by Gasteiger charge is 2.15. The van der Waals surface area contributed by atoms with Gasteiger partial charge in [-0.1, -0.05) is 11.6 Å². The van der Waals surface area contributed by atoms with E-state index in [1.54, 1.807) is 48.5 Å². The first-order chi connectivity index (χ1) is 14.0. The van der Waals surface area contributed by atoms with Crippen LogP contribution in [0.1, 0.15) is 20.7 Å². The van der Waals surface area contributed by atoms with Gasteiger partial charge in [0.15, 0.2) is 5.75 Å². The minimum Gasteiger partial charge on any atom is -0.497 e. The lowest BCUT2D eigenvalue weighted by Gasteiger charge is -2.09. The van der Waals surface area contributed by atoms with Gasteiger partial charge >= 0.3 is 11.9 Å². The number of benzene rings is 2. The Hall–Kier alpha value is -3.58. The second-order valence-electron chi connectivity index (χ2n) is 5.69. The van der Waals surface area contributed by atoms with Crippen molar-refractivity contribution in [2.75, 3.05) is 14.2 Å². The van der Waals surface area contributed by atoms with Crippen LogP contribution < -0.4 is 18.9 Å². The van der Waals surface area contributed by atoms with Crippen LogP contribution in [0, 0.1) is 0 Å². The summed E-state index contributed by atoms with van der Waals surface area (Å²) in [6.07, 6.45) is 1.23. The summed E-state index contributed by atoms with van der Waals surface area (Å²) < 4.78 is 20.6. The molecule has 0 fully saturated rings. The van der Waals surface area contributed by atoms with Crippen LogP contribution >= 0.6 is 11.6 Å². The molecule has 0 aliphatic carbocycles. The third kappa shape index (κ3) is 5.03. The van der Waals surface area contributed by atoms with E-state index in [4.69, 9.17) is 30.5 Å². The summed E-state index contributed by atoms with van der Waals surface area (Å²) >= 11 is 6.05. The maximum absolute atomic E-state index is 12.3. The molecule has 3 rings (SSSR count). The van der Waals surface area contributed by atoms with Crippen LogP contribution in [-0.4, -0.2) is 31.1 Å². The number of pyridine rings is 1. The number of ether oxygens (including phenoxy) is 4. The topological polar surface area (TPSA) is 84.0 Å².